The second kappa shape index (κ2) is 2.59. The van der Waals surface area contributed by atoms with Crippen LogP contribution in [0.2, 0.25) is 0 Å². The molecule has 0 bridgehead atoms. The first-order valence-corrected chi connectivity index (χ1v) is 4.43. The maximum atomic E-state index is 5.59. The highest BCUT2D eigenvalue weighted by Crippen LogP contribution is 2.31. The van der Waals surface area contributed by atoms with Crippen LogP contribution < -0.4 is 0 Å². The van der Waals surface area contributed by atoms with Crippen molar-refractivity contribution < 1.29 is 4.42 Å². The highest BCUT2D eigenvalue weighted by atomic mass is 16.4. The van der Waals surface area contributed by atoms with Crippen molar-refractivity contribution in [3.63, 3.8) is 0 Å². The summed E-state index contributed by atoms with van der Waals surface area (Å²) in [7, 11) is 0. The number of hydrogen-bond acceptors (Lipinski definition) is 2. The summed E-state index contributed by atoms with van der Waals surface area (Å²) in [5.41, 5.74) is 0.896. The lowest BCUT2D eigenvalue weighted by Gasteiger charge is -2.16. The molecular formula is C11H13NO. The lowest BCUT2D eigenvalue weighted by molar-refractivity contribution is 0.416. The number of allylic oxidation sites excluding steroid dienone is 3. The van der Waals surface area contributed by atoms with E-state index in [-0.39, 0.29) is 5.41 Å². The van der Waals surface area contributed by atoms with Gasteiger partial charge >= 0.3 is 0 Å². The first-order chi connectivity index (χ1) is 6.09. The van der Waals surface area contributed by atoms with Crippen LogP contribution in [0.4, 0.5) is 0 Å². The Kier molecular flexibility index (Phi) is 1.65. The van der Waals surface area contributed by atoms with Gasteiger partial charge in [0.1, 0.15) is 11.5 Å². The fourth-order valence-electron chi connectivity index (χ4n) is 1.54. The Morgan fingerprint density at radius 3 is 2.85 bits per heavy atom. The first kappa shape index (κ1) is 8.30. The van der Waals surface area contributed by atoms with Crippen molar-refractivity contribution in [1.29, 1.82) is 0 Å². The minimum Gasteiger partial charge on any atom is -0.444 e. The second-order valence-electron chi connectivity index (χ2n) is 3.89. The molecule has 0 saturated carbocycles. The van der Waals surface area contributed by atoms with Crippen molar-refractivity contribution in [1.82, 2.24) is 4.98 Å². The average Bonchev–Trinajstić information content (AvgIpc) is 2.36. The van der Waals surface area contributed by atoms with E-state index in [9.17, 15) is 0 Å². The van der Waals surface area contributed by atoms with Gasteiger partial charge in [0.15, 0.2) is 5.89 Å². The third-order valence-electron chi connectivity index (χ3n) is 2.22. The summed E-state index contributed by atoms with van der Waals surface area (Å²) in [6.45, 7) is 6.13. The Hall–Kier alpha value is -1.31. The molecule has 0 atom stereocenters. The summed E-state index contributed by atoms with van der Waals surface area (Å²) in [5, 5.41) is 0. The van der Waals surface area contributed by atoms with Crippen LogP contribution >= 0.6 is 0 Å². The summed E-state index contributed by atoms with van der Waals surface area (Å²) in [4.78, 5) is 4.31. The van der Waals surface area contributed by atoms with E-state index in [0.717, 1.165) is 17.3 Å². The van der Waals surface area contributed by atoms with Crippen LogP contribution in [0.3, 0.4) is 0 Å². The van der Waals surface area contributed by atoms with Gasteiger partial charge < -0.3 is 4.42 Å². The van der Waals surface area contributed by atoms with Crippen LogP contribution in [0.25, 0.3) is 6.08 Å². The predicted octanol–water partition coefficient (Wildman–Crippen LogP) is 2.84. The van der Waals surface area contributed by atoms with Gasteiger partial charge in [0.2, 0.25) is 0 Å². The lowest BCUT2D eigenvalue weighted by Crippen LogP contribution is -2.12. The topological polar surface area (TPSA) is 26.0 Å². The highest BCUT2D eigenvalue weighted by Gasteiger charge is 2.26. The molecule has 0 radical (unpaired) electrons. The Labute approximate surface area is 78.0 Å². The van der Waals surface area contributed by atoms with Gasteiger partial charge in [-0.05, 0) is 19.9 Å². The fourth-order valence-corrected chi connectivity index (χ4v) is 1.54. The molecule has 1 aromatic rings. The third kappa shape index (κ3) is 1.32. The average molecular weight is 175 g/mol. The van der Waals surface area contributed by atoms with Crippen LogP contribution in [0.1, 0.15) is 31.2 Å². The molecule has 0 saturated heterocycles. The van der Waals surface area contributed by atoms with Gasteiger partial charge in [-0.1, -0.05) is 18.2 Å². The molecule has 0 aliphatic heterocycles. The Bertz CT molecular complexity index is 383. The predicted molar refractivity (Wildman–Crippen MR) is 52.4 cm³/mol. The van der Waals surface area contributed by atoms with Gasteiger partial charge in [-0.25, -0.2) is 4.98 Å². The van der Waals surface area contributed by atoms with Crippen LogP contribution in [0.15, 0.2) is 22.6 Å². The maximum absolute atomic E-state index is 5.59. The summed E-state index contributed by atoms with van der Waals surface area (Å²) in [6, 6.07) is 0. The summed E-state index contributed by atoms with van der Waals surface area (Å²) in [6.07, 6.45) is 8.14. The van der Waals surface area contributed by atoms with Crippen LogP contribution in [0, 0.1) is 6.92 Å². The molecule has 2 rings (SSSR count). The molecule has 13 heavy (non-hydrogen) atoms. The van der Waals surface area contributed by atoms with E-state index in [0.29, 0.717) is 0 Å². The molecular weight excluding hydrogens is 162 g/mol. The monoisotopic (exact) mass is 175 g/mol. The van der Waals surface area contributed by atoms with E-state index in [4.69, 9.17) is 4.42 Å². The quantitative estimate of drug-likeness (QED) is 0.606. The zero-order chi connectivity index (χ0) is 9.47. The molecule has 0 unspecified atom stereocenters. The summed E-state index contributed by atoms with van der Waals surface area (Å²) in [5.74, 6) is 1.69. The molecule has 2 heteroatoms. The SMILES string of the molecule is Cc1nc2c(o1)C(C)(C)C=CC=C2. The van der Waals surface area contributed by atoms with E-state index < -0.39 is 0 Å². The Balaban J connectivity index is 2.63. The van der Waals surface area contributed by atoms with E-state index in [1.807, 2.05) is 25.2 Å². The zero-order valence-corrected chi connectivity index (χ0v) is 8.16. The number of oxazole rings is 1. The number of nitrogens with zero attached hydrogens (tertiary/aromatic N) is 1. The van der Waals surface area contributed by atoms with Gasteiger partial charge in [-0.2, -0.15) is 0 Å². The number of aryl methyl sites for hydroxylation is 1. The van der Waals surface area contributed by atoms with Gasteiger partial charge in [0.25, 0.3) is 0 Å². The molecule has 1 aromatic heterocycles. The molecule has 68 valence electrons. The Morgan fingerprint density at radius 1 is 1.31 bits per heavy atom. The molecule has 2 nitrogen and oxygen atoms in total. The third-order valence-corrected chi connectivity index (χ3v) is 2.22. The van der Waals surface area contributed by atoms with Gasteiger partial charge in [-0.15, -0.1) is 0 Å². The van der Waals surface area contributed by atoms with Crippen LogP contribution in [-0.2, 0) is 5.41 Å². The van der Waals surface area contributed by atoms with E-state index in [1.54, 1.807) is 0 Å². The van der Waals surface area contributed by atoms with Crippen LogP contribution in [-0.4, -0.2) is 4.98 Å². The normalized spacial score (nSPS) is 18.4. The molecule has 0 aromatic carbocycles. The Morgan fingerprint density at radius 2 is 2.08 bits per heavy atom. The van der Waals surface area contributed by atoms with E-state index in [2.05, 4.69) is 24.9 Å². The van der Waals surface area contributed by atoms with Crippen molar-refractivity contribution in [2.24, 2.45) is 0 Å². The number of aromatic nitrogens is 1. The first-order valence-electron chi connectivity index (χ1n) is 4.43. The summed E-state index contributed by atoms with van der Waals surface area (Å²) >= 11 is 0. The minimum absolute atomic E-state index is 0.0555. The molecule has 0 N–H and O–H groups in total. The molecule has 0 amide bonds. The van der Waals surface area contributed by atoms with Crippen LogP contribution in [0.5, 0.6) is 0 Å². The summed E-state index contributed by atoms with van der Waals surface area (Å²) < 4.78 is 5.59. The highest BCUT2D eigenvalue weighted by molar-refractivity contribution is 5.54. The molecule has 0 fully saturated rings. The largest absolute Gasteiger partial charge is 0.444 e. The molecule has 1 heterocycles. The van der Waals surface area contributed by atoms with E-state index >= 15 is 0 Å². The van der Waals surface area contributed by atoms with E-state index in [1.165, 1.54) is 0 Å². The molecule has 1 aliphatic carbocycles. The van der Waals surface area contributed by atoms with Gasteiger partial charge in [-0.3, -0.25) is 0 Å². The van der Waals surface area contributed by atoms with Crippen molar-refractivity contribution in [2.45, 2.75) is 26.2 Å². The smallest absolute Gasteiger partial charge is 0.191 e. The molecule has 0 spiro atoms. The minimum atomic E-state index is -0.0555. The molecule has 1 aliphatic rings. The number of hydrogen-bond donors (Lipinski definition) is 0. The van der Waals surface area contributed by atoms with Crippen molar-refractivity contribution in [3.05, 3.63) is 35.6 Å². The van der Waals surface area contributed by atoms with Crippen molar-refractivity contribution in [3.8, 4) is 0 Å². The number of rotatable bonds is 0. The van der Waals surface area contributed by atoms with Crippen molar-refractivity contribution in [2.75, 3.05) is 0 Å². The maximum Gasteiger partial charge on any atom is 0.191 e. The zero-order valence-electron chi connectivity index (χ0n) is 8.16. The lowest BCUT2D eigenvalue weighted by atomic mass is 9.89. The standard InChI is InChI=1S/C11H13NO/c1-8-12-9-6-4-5-7-11(2,3)10(9)13-8/h4-7H,1-3H3. The second-order valence-corrected chi connectivity index (χ2v) is 3.89. The fraction of sp³-hybridized carbons (Fsp3) is 0.364. The van der Waals surface area contributed by atoms with Crippen molar-refractivity contribution >= 4 is 6.08 Å². The van der Waals surface area contributed by atoms with Gasteiger partial charge in [0.05, 0.1) is 0 Å². The number of fused-ring (bicyclic) bond motifs is 1. The van der Waals surface area contributed by atoms with Gasteiger partial charge in [0, 0.05) is 12.3 Å².